The van der Waals surface area contributed by atoms with Crippen LogP contribution in [0.3, 0.4) is 0 Å². The van der Waals surface area contributed by atoms with E-state index in [1.165, 1.54) is 6.08 Å². The lowest BCUT2D eigenvalue weighted by Crippen LogP contribution is -2.21. The van der Waals surface area contributed by atoms with Crippen molar-refractivity contribution in [2.24, 2.45) is 0 Å². The number of nitrogens with zero attached hydrogens (tertiary/aromatic N) is 1. The summed E-state index contributed by atoms with van der Waals surface area (Å²) in [6.45, 7) is 3.62. The molecule has 0 aliphatic rings. The van der Waals surface area contributed by atoms with Crippen LogP contribution in [0.2, 0.25) is 0 Å². The van der Waals surface area contributed by atoms with E-state index in [1.807, 2.05) is 38.1 Å². The van der Waals surface area contributed by atoms with Crippen molar-refractivity contribution in [3.05, 3.63) is 87.4 Å². The van der Waals surface area contributed by atoms with Crippen LogP contribution in [0.1, 0.15) is 16.7 Å². The maximum atomic E-state index is 12.7. The van der Waals surface area contributed by atoms with Crippen LogP contribution in [0.5, 0.6) is 11.5 Å². The SMILES string of the molecule is COc1ccc(NC(=O)/C(C#N)=C\c2cc(Br)ccc2OCC(=O)Nc2cc(C)ccc2C)cc1. The molecule has 0 saturated heterocycles. The highest BCUT2D eigenvalue weighted by Crippen LogP contribution is 2.26. The summed E-state index contributed by atoms with van der Waals surface area (Å²) in [6.07, 6.45) is 1.42. The maximum Gasteiger partial charge on any atom is 0.266 e. The molecule has 2 N–H and O–H groups in total. The number of carbonyl (C=O) groups excluding carboxylic acids is 2. The molecule has 0 unspecified atom stereocenters. The molecule has 3 rings (SSSR count). The molecule has 0 radical (unpaired) electrons. The Morgan fingerprint density at radius 1 is 1.03 bits per heavy atom. The topological polar surface area (TPSA) is 100 Å². The van der Waals surface area contributed by atoms with Gasteiger partial charge in [0, 0.05) is 21.4 Å². The number of nitriles is 1. The van der Waals surface area contributed by atoms with Gasteiger partial charge in [-0.3, -0.25) is 9.59 Å². The van der Waals surface area contributed by atoms with Gasteiger partial charge in [0.05, 0.1) is 7.11 Å². The number of hydrogen-bond donors (Lipinski definition) is 2. The summed E-state index contributed by atoms with van der Waals surface area (Å²) in [5, 5.41) is 15.1. The van der Waals surface area contributed by atoms with Crippen LogP contribution in [0.15, 0.2) is 70.7 Å². The fourth-order valence-electron chi connectivity index (χ4n) is 3.14. The predicted octanol–water partition coefficient (Wildman–Crippen LogP) is 5.64. The first kappa shape index (κ1) is 25.5. The largest absolute Gasteiger partial charge is 0.497 e. The molecule has 2 amide bonds. The van der Waals surface area contributed by atoms with Gasteiger partial charge in [0.25, 0.3) is 11.8 Å². The first-order valence-electron chi connectivity index (χ1n) is 10.7. The third kappa shape index (κ3) is 7.19. The molecule has 0 aromatic heterocycles. The van der Waals surface area contributed by atoms with E-state index < -0.39 is 5.91 Å². The van der Waals surface area contributed by atoms with E-state index in [-0.39, 0.29) is 18.1 Å². The van der Waals surface area contributed by atoms with Crippen LogP contribution < -0.4 is 20.1 Å². The molecule has 0 fully saturated rings. The number of benzene rings is 3. The third-order valence-electron chi connectivity index (χ3n) is 5.01. The van der Waals surface area contributed by atoms with Gasteiger partial charge in [-0.05, 0) is 79.6 Å². The number of amides is 2. The fourth-order valence-corrected chi connectivity index (χ4v) is 3.52. The molecule has 0 aliphatic heterocycles. The molecule has 178 valence electrons. The summed E-state index contributed by atoms with van der Waals surface area (Å²) >= 11 is 3.39. The van der Waals surface area contributed by atoms with E-state index in [0.29, 0.717) is 22.7 Å². The zero-order chi connectivity index (χ0) is 25.4. The van der Waals surface area contributed by atoms with Gasteiger partial charge < -0.3 is 20.1 Å². The zero-order valence-corrected chi connectivity index (χ0v) is 21.1. The molecule has 0 saturated carbocycles. The summed E-state index contributed by atoms with van der Waals surface area (Å²) in [7, 11) is 1.55. The number of anilines is 2. The predicted molar refractivity (Wildman–Crippen MR) is 139 cm³/mol. The first-order valence-corrected chi connectivity index (χ1v) is 11.4. The van der Waals surface area contributed by atoms with E-state index in [1.54, 1.807) is 49.6 Å². The normalized spacial score (nSPS) is 10.8. The van der Waals surface area contributed by atoms with Crippen LogP contribution in [-0.4, -0.2) is 25.5 Å². The minimum absolute atomic E-state index is 0.122. The van der Waals surface area contributed by atoms with Crippen molar-refractivity contribution >= 4 is 45.2 Å². The highest BCUT2D eigenvalue weighted by atomic mass is 79.9. The minimum Gasteiger partial charge on any atom is -0.497 e. The molecule has 3 aromatic carbocycles. The van der Waals surface area contributed by atoms with Crippen molar-refractivity contribution in [2.75, 3.05) is 24.4 Å². The molecule has 0 spiro atoms. The first-order chi connectivity index (χ1) is 16.8. The van der Waals surface area contributed by atoms with Gasteiger partial charge in [-0.2, -0.15) is 5.26 Å². The van der Waals surface area contributed by atoms with E-state index in [4.69, 9.17) is 9.47 Å². The van der Waals surface area contributed by atoms with E-state index in [0.717, 1.165) is 21.3 Å². The third-order valence-corrected chi connectivity index (χ3v) is 5.50. The van der Waals surface area contributed by atoms with Gasteiger partial charge in [-0.15, -0.1) is 0 Å². The second-order valence-corrected chi connectivity index (χ2v) is 8.61. The summed E-state index contributed by atoms with van der Waals surface area (Å²) in [5.41, 5.74) is 3.56. The second kappa shape index (κ2) is 11.9. The van der Waals surface area contributed by atoms with Crippen LogP contribution in [0, 0.1) is 25.2 Å². The molecule has 0 bridgehead atoms. The van der Waals surface area contributed by atoms with E-state index in [9.17, 15) is 14.9 Å². The van der Waals surface area contributed by atoms with Crippen molar-refractivity contribution in [2.45, 2.75) is 13.8 Å². The monoisotopic (exact) mass is 533 g/mol. The zero-order valence-electron chi connectivity index (χ0n) is 19.5. The number of hydrogen-bond acceptors (Lipinski definition) is 5. The average molecular weight is 534 g/mol. The van der Waals surface area contributed by atoms with Crippen LogP contribution in [-0.2, 0) is 9.59 Å². The van der Waals surface area contributed by atoms with E-state index in [2.05, 4.69) is 26.6 Å². The minimum atomic E-state index is -0.573. The summed E-state index contributed by atoms with van der Waals surface area (Å²) in [4.78, 5) is 25.2. The van der Waals surface area contributed by atoms with Gasteiger partial charge in [0.1, 0.15) is 23.1 Å². The quantitative estimate of drug-likeness (QED) is 0.288. The highest BCUT2D eigenvalue weighted by Gasteiger charge is 2.13. The smallest absolute Gasteiger partial charge is 0.266 e. The van der Waals surface area contributed by atoms with Crippen molar-refractivity contribution in [1.82, 2.24) is 0 Å². The maximum absolute atomic E-state index is 12.7. The van der Waals surface area contributed by atoms with Crippen LogP contribution >= 0.6 is 15.9 Å². The highest BCUT2D eigenvalue weighted by molar-refractivity contribution is 9.10. The molecule has 0 heterocycles. The van der Waals surface area contributed by atoms with Gasteiger partial charge in [0.2, 0.25) is 0 Å². The number of rotatable bonds is 8. The lowest BCUT2D eigenvalue weighted by atomic mass is 10.1. The summed E-state index contributed by atoms with van der Waals surface area (Å²) < 4.78 is 11.6. The lowest BCUT2D eigenvalue weighted by Gasteiger charge is -2.12. The van der Waals surface area contributed by atoms with Crippen molar-refractivity contribution in [3.63, 3.8) is 0 Å². The molecular formula is C27H24BrN3O4. The van der Waals surface area contributed by atoms with E-state index >= 15 is 0 Å². The number of aryl methyl sites for hydroxylation is 2. The molecule has 3 aromatic rings. The second-order valence-electron chi connectivity index (χ2n) is 7.69. The Labute approximate surface area is 212 Å². The van der Waals surface area contributed by atoms with Crippen molar-refractivity contribution in [3.8, 4) is 17.6 Å². The molecule has 0 aliphatic carbocycles. The van der Waals surface area contributed by atoms with Gasteiger partial charge in [-0.25, -0.2) is 0 Å². The number of carbonyl (C=O) groups is 2. The Morgan fingerprint density at radius 2 is 1.77 bits per heavy atom. The van der Waals surface area contributed by atoms with Gasteiger partial charge >= 0.3 is 0 Å². The Balaban J connectivity index is 1.74. The lowest BCUT2D eigenvalue weighted by molar-refractivity contribution is -0.118. The molecular weight excluding hydrogens is 510 g/mol. The number of halogens is 1. The van der Waals surface area contributed by atoms with Gasteiger partial charge in [-0.1, -0.05) is 28.1 Å². The number of methoxy groups -OCH3 is 1. The fraction of sp³-hybridized carbons (Fsp3) is 0.148. The number of ether oxygens (including phenoxy) is 2. The Morgan fingerprint density at radius 3 is 2.46 bits per heavy atom. The Kier molecular flexibility index (Phi) is 8.65. The summed E-state index contributed by atoms with van der Waals surface area (Å²) in [6, 6.07) is 19.6. The average Bonchev–Trinajstić information content (AvgIpc) is 2.84. The van der Waals surface area contributed by atoms with Crippen LogP contribution in [0.4, 0.5) is 11.4 Å². The van der Waals surface area contributed by atoms with Gasteiger partial charge in [0.15, 0.2) is 6.61 Å². The van der Waals surface area contributed by atoms with Crippen molar-refractivity contribution in [1.29, 1.82) is 5.26 Å². The van der Waals surface area contributed by atoms with Crippen LogP contribution in [0.25, 0.3) is 6.08 Å². The van der Waals surface area contributed by atoms with Crippen molar-refractivity contribution < 1.29 is 19.1 Å². The Hall–Kier alpha value is -4.09. The molecule has 7 nitrogen and oxygen atoms in total. The summed E-state index contributed by atoms with van der Waals surface area (Å²) in [5.74, 6) is 0.108. The number of nitrogens with one attached hydrogen (secondary N) is 2. The molecule has 8 heteroatoms. The molecule has 35 heavy (non-hydrogen) atoms. The Bertz CT molecular complexity index is 1310. The molecule has 0 atom stereocenters. The standard InChI is InChI=1S/C27H24BrN3O4/c1-17-4-5-18(2)24(12-17)31-26(32)16-35-25-11-6-21(28)14-19(25)13-20(15-29)27(33)30-22-7-9-23(34-3)10-8-22/h4-14H,16H2,1-3H3,(H,30,33)(H,31,32)/b20-13-.